The Kier molecular flexibility index (Phi) is 14.9. The lowest BCUT2D eigenvalue weighted by Gasteiger charge is -2.34. The monoisotopic (exact) mass is 605 g/mol. The van der Waals surface area contributed by atoms with Crippen molar-refractivity contribution in [2.75, 3.05) is 13.1 Å². The number of aromatic nitrogens is 1. The number of thiazole rings is 1. The van der Waals surface area contributed by atoms with Gasteiger partial charge in [0.25, 0.3) is 0 Å². The van der Waals surface area contributed by atoms with Crippen LogP contribution in [0.3, 0.4) is 0 Å². The molecule has 1 heterocycles. The van der Waals surface area contributed by atoms with Gasteiger partial charge in [-0.15, -0.1) is 11.3 Å². The highest BCUT2D eigenvalue weighted by Crippen LogP contribution is 2.30. The minimum absolute atomic E-state index is 0.0237. The normalized spacial score (nSPS) is 20.0. The highest BCUT2D eigenvalue weighted by Gasteiger charge is 2.34. The molecule has 8 nitrogen and oxygen atoms in total. The quantitative estimate of drug-likeness (QED) is 0.220. The van der Waals surface area contributed by atoms with Crippen LogP contribution in [0.2, 0.25) is 0 Å². The largest absolute Gasteiger partial charge is 0.390 e. The number of aliphatic hydroxyl groups excluding tert-OH is 2. The Morgan fingerprint density at radius 2 is 1.62 bits per heavy atom. The molecule has 0 radical (unpaired) electrons. The van der Waals surface area contributed by atoms with Gasteiger partial charge in [-0.1, -0.05) is 71.6 Å². The molecule has 42 heavy (non-hydrogen) atoms. The molecular formula is C33H55N3O5S. The average molecular weight is 606 g/mol. The summed E-state index contributed by atoms with van der Waals surface area (Å²) >= 11 is 1.45. The van der Waals surface area contributed by atoms with E-state index >= 15 is 0 Å². The molecule has 238 valence electrons. The van der Waals surface area contributed by atoms with Gasteiger partial charge in [-0.25, -0.2) is 4.98 Å². The van der Waals surface area contributed by atoms with Crippen LogP contribution in [0, 0.1) is 23.7 Å². The molecule has 2 amide bonds. The van der Waals surface area contributed by atoms with Crippen molar-refractivity contribution in [2.45, 2.75) is 135 Å². The van der Waals surface area contributed by atoms with Gasteiger partial charge in [0.05, 0.1) is 35.8 Å². The molecule has 3 rings (SSSR count). The zero-order chi connectivity index (χ0) is 30.5. The van der Waals surface area contributed by atoms with Crippen molar-refractivity contribution in [3.8, 4) is 0 Å². The fraction of sp³-hybridized carbons (Fsp3) is 0.818. The van der Waals surface area contributed by atoms with Gasteiger partial charge >= 0.3 is 0 Å². The summed E-state index contributed by atoms with van der Waals surface area (Å²) in [4.78, 5) is 45.9. The SMILES string of the molecule is CC(=O)CN(CC1CCCCCC1)C(=O)C[C@@H](Cc1cscn1)C(=O)N[C@@H](CC1CCCCC1)[C@@H](O)[C@@H](O)CC(C)C. The molecule has 2 aliphatic carbocycles. The number of nitrogens with one attached hydrogen (secondary N) is 1. The number of hydrogen-bond donors (Lipinski definition) is 3. The second-order valence-electron chi connectivity index (χ2n) is 13.5. The minimum Gasteiger partial charge on any atom is -0.390 e. The van der Waals surface area contributed by atoms with Crippen molar-refractivity contribution in [1.29, 1.82) is 0 Å². The molecule has 0 spiro atoms. The van der Waals surface area contributed by atoms with Crippen LogP contribution in [0.4, 0.5) is 0 Å². The van der Waals surface area contributed by atoms with Crippen molar-refractivity contribution in [1.82, 2.24) is 15.2 Å². The third kappa shape index (κ3) is 12.0. The van der Waals surface area contributed by atoms with Gasteiger partial charge in [0, 0.05) is 24.8 Å². The molecule has 0 saturated heterocycles. The average Bonchev–Trinajstić information content (AvgIpc) is 3.32. The van der Waals surface area contributed by atoms with Crippen molar-refractivity contribution in [2.24, 2.45) is 23.7 Å². The molecule has 3 N–H and O–H groups in total. The Balaban J connectivity index is 1.77. The predicted molar refractivity (Wildman–Crippen MR) is 167 cm³/mol. The van der Waals surface area contributed by atoms with Gasteiger partial charge in [-0.3, -0.25) is 14.4 Å². The molecule has 2 saturated carbocycles. The summed E-state index contributed by atoms with van der Waals surface area (Å²) in [5.41, 5.74) is 2.47. The Labute approximate surface area is 257 Å². The molecule has 4 atom stereocenters. The Hall–Kier alpha value is -1.84. The topological polar surface area (TPSA) is 120 Å². The smallest absolute Gasteiger partial charge is 0.224 e. The third-order valence-electron chi connectivity index (χ3n) is 9.11. The van der Waals surface area contributed by atoms with Crippen LogP contribution in [0.1, 0.15) is 116 Å². The number of carbonyl (C=O) groups is 3. The number of hydrogen-bond acceptors (Lipinski definition) is 7. The van der Waals surface area contributed by atoms with E-state index in [-0.39, 0.29) is 36.5 Å². The molecule has 0 aliphatic heterocycles. The Morgan fingerprint density at radius 1 is 1.00 bits per heavy atom. The number of aliphatic hydroxyl groups is 2. The molecule has 0 unspecified atom stereocenters. The van der Waals surface area contributed by atoms with Gasteiger partial charge in [-0.2, -0.15) is 0 Å². The van der Waals surface area contributed by atoms with Gasteiger partial charge in [-0.05, 0) is 50.4 Å². The lowest BCUT2D eigenvalue weighted by Crippen LogP contribution is -2.52. The molecule has 0 bridgehead atoms. The third-order valence-corrected chi connectivity index (χ3v) is 9.74. The van der Waals surface area contributed by atoms with Gasteiger partial charge in [0.2, 0.25) is 11.8 Å². The maximum absolute atomic E-state index is 13.9. The number of carbonyl (C=O) groups excluding carboxylic acids is 3. The van der Waals surface area contributed by atoms with E-state index in [1.54, 1.807) is 10.4 Å². The molecule has 1 aromatic heterocycles. The number of nitrogens with zero attached hydrogens (tertiary/aromatic N) is 2. The van der Waals surface area contributed by atoms with E-state index in [4.69, 9.17) is 0 Å². The van der Waals surface area contributed by atoms with Crippen molar-refractivity contribution >= 4 is 28.9 Å². The Morgan fingerprint density at radius 3 is 2.19 bits per heavy atom. The summed E-state index contributed by atoms with van der Waals surface area (Å²) in [6, 6.07) is -0.596. The maximum Gasteiger partial charge on any atom is 0.224 e. The van der Waals surface area contributed by atoms with E-state index in [2.05, 4.69) is 10.3 Å². The van der Waals surface area contributed by atoms with Crippen molar-refractivity contribution in [3.63, 3.8) is 0 Å². The predicted octanol–water partition coefficient (Wildman–Crippen LogP) is 5.30. The lowest BCUT2D eigenvalue weighted by atomic mass is 9.82. The van der Waals surface area contributed by atoms with Gasteiger partial charge in [0.15, 0.2) is 0 Å². The number of Topliss-reactive ketones (excluding diaryl/α,β-unsaturated/α-hetero) is 1. The van der Waals surface area contributed by atoms with E-state index in [1.807, 2.05) is 19.2 Å². The summed E-state index contributed by atoms with van der Waals surface area (Å²) in [5.74, 6) is -0.275. The zero-order valence-corrected chi connectivity index (χ0v) is 27.0. The van der Waals surface area contributed by atoms with Crippen LogP contribution in [0.5, 0.6) is 0 Å². The van der Waals surface area contributed by atoms with Crippen LogP contribution >= 0.6 is 11.3 Å². The minimum atomic E-state index is -1.08. The molecule has 9 heteroatoms. The first kappa shape index (κ1) is 34.6. The number of amides is 2. The first-order valence-electron chi connectivity index (χ1n) is 16.4. The zero-order valence-electron chi connectivity index (χ0n) is 26.1. The van der Waals surface area contributed by atoms with E-state index < -0.39 is 24.2 Å². The summed E-state index contributed by atoms with van der Waals surface area (Å²) in [6.07, 6.45) is 11.8. The first-order chi connectivity index (χ1) is 20.1. The van der Waals surface area contributed by atoms with Crippen LogP contribution in [-0.2, 0) is 20.8 Å². The lowest BCUT2D eigenvalue weighted by molar-refractivity contribution is -0.139. The standard InChI is InChI=1S/C33H55N3O5S/c1-23(2)15-30(38)32(40)29(16-25-11-9-6-10-12-25)35-33(41)27(17-28-21-42-22-34-28)18-31(39)36(19-24(3)37)20-26-13-7-4-5-8-14-26/h21-23,25-27,29-30,32,38,40H,4-20H2,1-3H3,(H,35,41)/t27-,29+,30+,32-/m1/s1. The van der Waals surface area contributed by atoms with Gasteiger partial charge < -0.3 is 20.4 Å². The van der Waals surface area contributed by atoms with E-state index in [0.29, 0.717) is 37.6 Å². The number of ketones is 1. The molecule has 2 fully saturated rings. The Bertz CT molecular complexity index is 941. The van der Waals surface area contributed by atoms with E-state index in [1.165, 1.54) is 37.5 Å². The summed E-state index contributed by atoms with van der Waals surface area (Å²) in [7, 11) is 0. The molecule has 2 aliphatic rings. The second-order valence-corrected chi connectivity index (χ2v) is 14.2. The van der Waals surface area contributed by atoms with E-state index in [9.17, 15) is 24.6 Å². The first-order valence-corrected chi connectivity index (χ1v) is 17.4. The highest BCUT2D eigenvalue weighted by molar-refractivity contribution is 7.07. The maximum atomic E-state index is 13.9. The summed E-state index contributed by atoms with van der Waals surface area (Å²) < 4.78 is 0. The summed E-state index contributed by atoms with van der Waals surface area (Å²) in [6.45, 7) is 6.12. The van der Waals surface area contributed by atoms with E-state index in [0.717, 1.165) is 57.1 Å². The molecule has 1 aromatic rings. The van der Waals surface area contributed by atoms with Crippen LogP contribution in [-0.4, -0.2) is 69.0 Å². The van der Waals surface area contributed by atoms with Crippen LogP contribution in [0.25, 0.3) is 0 Å². The van der Waals surface area contributed by atoms with Crippen LogP contribution in [0.15, 0.2) is 10.9 Å². The van der Waals surface area contributed by atoms with Crippen LogP contribution < -0.4 is 5.32 Å². The number of rotatable bonds is 16. The fourth-order valence-corrected chi connectivity index (χ4v) is 7.40. The fourth-order valence-electron chi connectivity index (χ4n) is 6.83. The second kappa shape index (κ2) is 18.1. The molecule has 0 aromatic carbocycles. The molecular weight excluding hydrogens is 550 g/mol. The van der Waals surface area contributed by atoms with Gasteiger partial charge in [0.1, 0.15) is 11.9 Å². The van der Waals surface area contributed by atoms with Crippen molar-refractivity contribution in [3.05, 3.63) is 16.6 Å². The summed E-state index contributed by atoms with van der Waals surface area (Å²) in [5, 5.41) is 27.0. The van der Waals surface area contributed by atoms with Crippen molar-refractivity contribution < 1.29 is 24.6 Å². The highest BCUT2D eigenvalue weighted by atomic mass is 32.1.